The summed E-state index contributed by atoms with van der Waals surface area (Å²) in [5.74, 6) is 0.435. The van der Waals surface area contributed by atoms with Crippen LogP contribution in [0.2, 0.25) is 0 Å². The van der Waals surface area contributed by atoms with Crippen LogP contribution in [-0.2, 0) is 23.3 Å². The maximum atomic E-state index is 12.4. The number of hydrogen-bond acceptors (Lipinski definition) is 9. The molecule has 2 saturated carbocycles. The van der Waals surface area contributed by atoms with Gasteiger partial charge in [0.15, 0.2) is 0 Å². The molecule has 11 heteroatoms. The van der Waals surface area contributed by atoms with Crippen molar-refractivity contribution >= 4 is 44.5 Å². The van der Waals surface area contributed by atoms with Crippen molar-refractivity contribution in [2.75, 3.05) is 10.6 Å². The molecule has 0 saturated heterocycles. The molecule has 1 aromatic heterocycles. The standard InChI is InChI=1S/C32H36N4O5S2/c37-19-21-10-2-8-16-28(21)42-27-15-7-1-9-20(27)18-33-32-35-25-14-6-5-13-24(25)31(36-32)34-26-17-29(43(39,40)41)22-11-3-4-12-23(22)30(26)38/h1-2,5-10,13-16,22-23,26,29-30,37-38H,3-4,11-12,17-19H2,(H,39,40,41)(H2,33,34,35,36). The van der Waals surface area contributed by atoms with Crippen molar-refractivity contribution < 1.29 is 23.2 Å². The van der Waals surface area contributed by atoms with E-state index in [1.807, 2.05) is 72.8 Å². The van der Waals surface area contributed by atoms with Gasteiger partial charge in [-0.3, -0.25) is 4.55 Å². The van der Waals surface area contributed by atoms with Gasteiger partial charge in [0.05, 0.1) is 29.5 Å². The number of aliphatic hydroxyl groups excluding tert-OH is 2. The third-order valence-corrected chi connectivity index (χ3v) is 11.3. The number of fused-ring (bicyclic) bond motifs is 2. The van der Waals surface area contributed by atoms with Crippen LogP contribution in [0.1, 0.15) is 43.2 Å². The molecule has 5 unspecified atom stereocenters. The van der Waals surface area contributed by atoms with E-state index in [1.54, 1.807) is 11.8 Å². The Morgan fingerprint density at radius 2 is 1.51 bits per heavy atom. The first-order valence-electron chi connectivity index (χ1n) is 14.7. The van der Waals surface area contributed by atoms with Crippen molar-refractivity contribution in [3.63, 3.8) is 0 Å². The zero-order valence-corrected chi connectivity index (χ0v) is 25.3. The molecular weight excluding hydrogens is 585 g/mol. The van der Waals surface area contributed by atoms with E-state index in [-0.39, 0.29) is 24.9 Å². The number of anilines is 2. The Balaban J connectivity index is 1.26. The number of rotatable bonds is 9. The summed E-state index contributed by atoms with van der Waals surface area (Å²) in [5, 5.41) is 27.7. The molecule has 5 atom stereocenters. The average molecular weight is 621 g/mol. The molecule has 4 aromatic rings. The van der Waals surface area contributed by atoms with Crippen molar-refractivity contribution in [2.45, 2.75) is 72.4 Å². The Hall–Kier alpha value is -3.22. The quantitative estimate of drug-likeness (QED) is 0.152. The number of hydrogen-bond donors (Lipinski definition) is 5. The second-order valence-corrected chi connectivity index (χ2v) is 14.1. The van der Waals surface area contributed by atoms with Crippen LogP contribution < -0.4 is 10.6 Å². The number of para-hydroxylation sites is 1. The first-order valence-corrected chi connectivity index (χ1v) is 17.0. The summed E-state index contributed by atoms with van der Waals surface area (Å²) in [6.07, 6.45) is 2.59. The summed E-state index contributed by atoms with van der Waals surface area (Å²) in [7, 11) is -4.28. The second-order valence-electron chi connectivity index (χ2n) is 11.4. The summed E-state index contributed by atoms with van der Waals surface area (Å²) >= 11 is 1.59. The van der Waals surface area contributed by atoms with Crippen LogP contribution in [0.3, 0.4) is 0 Å². The smallest absolute Gasteiger partial charge is 0.268 e. The summed E-state index contributed by atoms with van der Waals surface area (Å²) in [4.78, 5) is 11.5. The number of nitrogens with one attached hydrogen (secondary N) is 2. The van der Waals surface area contributed by atoms with Crippen molar-refractivity contribution in [1.82, 2.24) is 9.97 Å². The number of aliphatic hydroxyl groups is 2. The lowest BCUT2D eigenvalue weighted by molar-refractivity contribution is 0.00228. The normalized spacial score (nSPS) is 23.9. The zero-order chi connectivity index (χ0) is 30.0. The van der Waals surface area contributed by atoms with E-state index in [9.17, 15) is 23.2 Å². The van der Waals surface area contributed by atoms with Crippen LogP contribution in [0, 0.1) is 11.8 Å². The van der Waals surface area contributed by atoms with Crippen LogP contribution in [0.4, 0.5) is 11.8 Å². The van der Waals surface area contributed by atoms with Gasteiger partial charge in [-0.1, -0.05) is 73.1 Å². The van der Waals surface area contributed by atoms with Crippen LogP contribution >= 0.6 is 11.8 Å². The minimum atomic E-state index is -4.28. The number of benzene rings is 3. The minimum absolute atomic E-state index is 0.0353. The van der Waals surface area contributed by atoms with Gasteiger partial charge in [0.25, 0.3) is 10.1 Å². The van der Waals surface area contributed by atoms with Crippen LogP contribution in [-0.4, -0.2) is 50.5 Å². The van der Waals surface area contributed by atoms with Crippen molar-refractivity contribution in [1.29, 1.82) is 0 Å². The molecule has 2 fully saturated rings. The SMILES string of the molecule is O=S(=O)(O)C1CC(Nc2nc(NCc3ccccc3Sc3ccccc3CO)nc3ccccc23)C(O)C2CCCCC21. The summed E-state index contributed by atoms with van der Waals surface area (Å²) in [6.45, 7) is 0.412. The molecule has 6 rings (SSSR count). The Labute approximate surface area is 255 Å². The fraction of sp³-hybridized carbons (Fsp3) is 0.375. The highest BCUT2D eigenvalue weighted by atomic mass is 32.2. The Kier molecular flexibility index (Phi) is 8.88. The van der Waals surface area contributed by atoms with E-state index in [0.717, 1.165) is 45.6 Å². The van der Waals surface area contributed by atoms with E-state index in [2.05, 4.69) is 10.6 Å². The van der Waals surface area contributed by atoms with Crippen LogP contribution in [0.15, 0.2) is 82.6 Å². The predicted molar refractivity (Wildman–Crippen MR) is 169 cm³/mol. The van der Waals surface area contributed by atoms with E-state index < -0.39 is 27.5 Å². The lowest BCUT2D eigenvalue weighted by atomic mass is 9.67. The molecule has 0 spiro atoms. The highest BCUT2D eigenvalue weighted by Gasteiger charge is 2.49. The van der Waals surface area contributed by atoms with Gasteiger partial charge in [0, 0.05) is 21.7 Å². The monoisotopic (exact) mass is 620 g/mol. The molecule has 3 aromatic carbocycles. The van der Waals surface area contributed by atoms with Gasteiger partial charge >= 0.3 is 0 Å². The van der Waals surface area contributed by atoms with E-state index in [4.69, 9.17) is 9.97 Å². The fourth-order valence-electron chi connectivity index (χ4n) is 6.64. The summed E-state index contributed by atoms with van der Waals surface area (Å²) in [6, 6.07) is 22.8. The molecule has 1 heterocycles. The largest absolute Gasteiger partial charge is 0.392 e. The Morgan fingerprint density at radius 3 is 2.26 bits per heavy atom. The highest BCUT2D eigenvalue weighted by Crippen LogP contribution is 2.44. The molecule has 0 amide bonds. The average Bonchev–Trinajstić information content (AvgIpc) is 3.01. The van der Waals surface area contributed by atoms with Gasteiger partial charge in [-0.25, -0.2) is 4.98 Å². The van der Waals surface area contributed by atoms with E-state index >= 15 is 0 Å². The highest BCUT2D eigenvalue weighted by molar-refractivity contribution is 7.99. The number of aromatic nitrogens is 2. The van der Waals surface area contributed by atoms with Gasteiger partial charge in [-0.2, -0.15) is 13.4 Å². The Morgan fingerprint density at radius 1 is 0.860 bits per heavy atom. The zero-order valence-electron chi connectivity index (χ0n) is 23.6. The minimum Gasteiger partial charge on any atom is -0.392 e. The molecule has 5 N–H and O–H groups in total. The van der Waals surface area contributed by atoms with Crippen molar-refractivity contribution in [2.24, 2.45) is 11.8 Å². The molecule has 0 bridgehead atoms. The fourth-order valence-corrected chi connectivity index (χ4v) is 8.94. The molecule has 226 valence electrons. The predicted octanol–water partition coefficient (Wildman–Crippen LogP) is 5.49. The third kappa shape index (κ3) is 6.51. The van der Waals surface area contributed by atoms with E-state index in [1.165, 1.54) is 0 Å². The Bertz CT molecular complexity index is 1700. The van der Waals surface area contributed by atoms with Gasteiger partial charge in [-0.15, -0.1) is 0 Å². The van der Waals surface area contributed by atoms with Gasteiger partial charge < -0.3 is 20.8 Å². The van der Waals surface area contributed by atoms with E-state index in [0.29, 0.717) is 30.2 Å². The first-order chi connectivity index (χ1) is 20.8. The molecule has 2 aliphatic carbocycles. The lowest BCUT2D eigenvalue weighted by Crippen LogP contribution is -2.55. The molecule has 0 radical (unpaired) electrons. The van der Waals surface area contributed by atoms with Crippen LogP contribution in [0.5, 0.6) is 0 Å². The second kappa shape index (κ2) is 12.8. The maximum Gasteiger partial charge on any atom is 0.268 e. The summed E-state index contributed by atoms with van der Waals surface area (Å²) < 4.78 is 34.9. The first kappa shape index (κ1) is 29.8. The summed E-state index contributed by atoms with van der Waals surface area (Å²) in [5.41, 5.74) is 2.60. The topological polar surface area (TPSA) is 145 Å². The van der Waals surface area contributed by atoms with Crippen molar-refractivity contribution in [3.8, 4) is 0 Å². The molecule has 0 aliphatic heterocycles. The van der Waals surface area contributed by atoms with Crippen LogP contribution in [0.25, 0.3) is 10.9 Å². The maximum absolute atomic E-state index is 12.4. The molecule has 43 heavy (non-hydrogen) atoms. The lowest BCUT2D eigenvalue weighted by Gasteiger charge is -2.46. The van der Waals surface area contributed by atoms with Gasteiger partial charge in [0.2, 0.25) is 5.95 Å². The third-order valence-electron chi connectivity index (χ3n) is 8.77. The number of nitrogens with zero attached hydrogens (tertiary/aromatic N) is 2. The van der Waals surface area contributed by atoms with Gasteiger partial charge in [-0.05, 0) is 66.5 Å². The molecular formula is C32H36N4O5S2. The van der Waals surface area contributed by atoms with Crippen molar-refractivity contribution in [3.05, 3.63) is 83.9 Å². The molecule has 9 nitrogen and oxygen atoms in total. The van der Waals surface area contributed by atoms with Gasteiger partial charge in [0.1, 0.15) is 5.82 Å². The molecule has 2 aliphatic rings.